The van der Waals surface area contributed by atoms with E-state index >= 15 is 0 Å². The van der Waals surface area contributed by atoms with Crippen LogP contribution in [0.25, 0.3) is 0 Å². The number of rotatable bonds is 5. The van der Waals surface area contributed by atoms with Crippen molar-refractivity contribution >= 4 is 0 Å². The Morgan fingerprint density at radius 1 is 1.18 bits per heavy atom. The Morgan fingerprint density at radius 3 is 1.73 bits per heavy atom. The molecule has 0 radical (unpaired) electrons. The summed E-state index contributed by atoms with van der Waals surface area (Å²) in [5, 5.41) is 0. The van der Waals surface area contributed by atoms with Crippen LogP contribution >= 0.6 is 0 Å². The molecule has 0 aliphatic heterocycles. The Labute approximate surface area is 69.9 Å². The first kappa shape index (κ1) is 10.9. The summed E-state index contributed by atoms with van der Waals surface area (Å²) in [7, 11) is 3.48. The second-order valence-electron chi connectivity index (χ2n) is 2.85. The van der Waals surface area contributed by atoms with E-state index in [2.05, 4.69) is 20.8 Å². The highest BCUT2D eigenvalue weighted by molar-refractivity contribution is 4.83. The fourth-order valence-corrected chi connectivity index (χ4v) is 1.49. The number of methoxy groups -OCH3 is 2. The number of hydrogen-bond acceptors (Lipinski definition) is 2. The molecular weight excluding hydrogens is 140 g/mol. The lowest BCUT2D eigenvalue weighted by Gasteiger charge is -2.35. The third-order valence-corrected chi connectivity index (χ3v) is 2.70. The van der Waals surface area contributed by atoms with E-state index in [-0.39, 0.29) is 11.7 Å². The summed E-state index contributed by atoms with van der Waals surface area (Å²) >= 11 is 0. The molecule has 0 spiro atoms. The molecule has 0 heterocycles. The maximum Gasteiger partial charge on any atom is 0.0930 e. The Balaban J connectivity index is 4.26. The maximum atomic E-state index is 5.46. The Bertz CT molecular complexity index is 89.5. The van der Waals surface area contributed by atoms with Gasteiger partial charge < -0.3 is 9.47 Å². The molecule has 0 aliphatic rings. The molecule has 0 aromatic heterocycles. The minimum atomic E-state index is -0.0885. The van der Waals surface area contributed by atoms with Crippen LogP contribution in [0, 0.1) is 0 Å². The van der Waals surface area contributed by atoms with Crippen LogP contribution in [0.3, 0.4) is 0 Å². The Hall–Kier alpha value is -0.0800. The van der Waals surface area contributed by atoms with E-state index < -0.39 is 0 Å². The molecule has 0 amide bonds. The normalized spacial score (nSPS) is 15.0. The fraction of sp³-hybridized carbons (Fsp3) is 1.00. The Kier molecular flexibility index (Phi) is 4.69. The highest BCUT2D eigenvalue weighted by Crippen LogP contribution is 2.25. The molecule has 0 aromatic rings. The van der Waals surface area contributed by atoms with Gasteiger partial charge in [0.2, 0.25) is 0 Å². The highest BCUT2D eigenvalue weighted by Gasteiger charge is 2.32. The Morgan fingerprint density at radius 2 is 1.64 bits per heavy atom. The number of hydrogen-bond donors (Lipinski definition) is 0. The molecule has 0 bridgehead atoms. The molecule has 11 heavy (non-hydrogen) atoms. The summed E-state index contributed by atoms with van der Waals surface area (Å²) in [6, 6.07) is 0. The SMILES string of the molecule is CCC(CC)(OC)C(C)OC. The lowest BCUT2D eigenvalue weighted by molar-refractivity contribution is -0.114. The maximum absolute atomic E-state index is 5.46. The standard InChI is InChI=1S/C9H20O2/c1-6-9(7-2,11-5)8(3)10-4/h8H,6-7H2,1-5H3. The summed E-state index contributed by atoms with van der Waals surface area (Å²) in [5.41, 5.74) is -0.0885. The smallest absolute Gasteiger partial charge is 0.0930 e. The van der Waals surface area contributed by atoms with Gasteiger partial charge >= 0.3 is 0 Å². The molecule has 0 fully saturated rings. The average Bonchev–Trinajstić information content (AvgIpc) is 2.08. The van der Waals surface area contributed by atoms with Gasteiger partial charge in [-0.15, -0.1) is 0 Å². The fourth-order valence-electron chi connectivity index (χ4n) is 1.49. The van der Waals surface area contributed by atoms with Crippen molar-refractivity contribution in [2.24, 2.45) is 0 Å². The van der Waals surface area contributed by atoms with E-state index in [0.29, 0.717) is 0 Å². The van der Waals surface area contributed by atoms with Gasteiger partial charge in [0.25, 0.3) is 0 Å². The molecule has 0 N–H and O–H groups in total. The minimum Gasteiger partial charge on any atom is -0.379 e. The zero-order valence-corrected chi connectivity index (χ0v) is 8.31. The predicted octanol–water partition coefficient (Wildman–Crippen LogP) is 2.23. The van der Waals surface area contributed by atoms with Crippen LogP contribution in [0.4, 0.5) is 0 Å². The van der Waals surface area contributed by atoms with E-state index in [1.807, 2.05) is 0 Å². The summed E-state index contributed by atoms with van der Waals surface area (Å²) in [4.78, 5) is 0. The first-order valence-electron chi connectivity index (χ1n) is 4.24. The van der Waals surface area contributed by atoms with Gasteiger partial charge in [-0.1, -0.05) is 13.8 Å². The van der Waals surface area contributed by atoms with Crippen LogP contribution in [0.2, 0.25) is 0 Å². The van der Waals surface area contributed by atoms with Crippen molar-refractivity contribution in [1.82, 2.24) is 0 Å². The van der Waals surface area contributed by atoms with E-state index in [4.69, 9.17) is 9.47 Å². The van der Waals surface area contributed by atoms with Crippen molar-refractivity contribution in [1.29, 1.82) is 0 Å². The van der Waals surface area contributed by atoms with Crippen molar-refractivity contribution in [3.05, 3.63) is 0 Å². The molecular formula is C9H20O2. The summed E-state index contributed by atoms with van der Waals surface area (Å²) in [5.74, 6) is 0. The van der Waals surface area contributed by atoms with Gasteiger partial charge in [0.15, 0.2) is 0 Å². The first-order chi connectivity index (χ1) is 5.16. The third kappa shape index (κ3) is 2.17. The monoisotopic (exact) mass is 160 g/mol. The number of ether oxygens (including phenoxy) is 2. The van der Waals surface area contributed by atoms with Gasteiger partial charge in [0, 0.05) is 14.2 Å². The molecule has 1 atom stereocenters. The topological polar surface area (TPSA) is 18.5 Å². The van der Waals surface area contributed by atoms with Crippen LogP contribution in [-0.4, -0.2) is 25.9 Å². The van der Waals surface area contributed by atoms with Gasteiger partial charge in [-0.3, -0.25) is 0 Å². The van der Waals surface area contributed by atoms with E-state index in [1.54, 1.807) is 14.2 Å². The van der Waals surface area contributed by atoms with Crippen LogP contribution < -0.4 is 0 Å². The van der Waals surface area contributed by atoms with Crippen LogP contribution in [0.15, 0.2) is 0 Å². The van der Waals surface area contributed by atoms with Crippen molar-refractivity contribution in [2.45, 2.75) is 45.3 Å². The summed E-state index contributed by atoms with van der Waals surface area (Å²) < 4.78 is 10.7. The molecule has 1 unspecified atom stereocenters. The van der Waals surface area contributed by atoms with Crippen LogP contribution in [0.5, 0.6) is 0 Å². The van der Waals surface area contributed by atoms with Crippen LogP contribution in [0.1, 0.15) is 33.6 Å². The second-order valence-corrected chi connectivity index (χ2v) is 2.85. The average molecular weight is 160 g/mol. The third-order valence-electron chi connectivity index (χ3n) is 2.70. The van der Waals surface area contributed by atoms with Gasteiger partial charge in [-0.25, -0.2) is 0 Å². The van der Waals surface area contributed by atoms with Crippen LogP contribution in [-0.2, 0) is 9.47 Å². The summed E-state index contributed by atoms with van der Waals surface area (Å²) in [6.45, 7) is 6.31. The van der Waals surface area contributed by atoms with E-state index in [0.717, 1.165) is 12.8 Å². The predicted molar refractivity (Wildman–Crippen MR) is 46.8 cm³/mol. The highest BCUT2D eigenvalue weighted by atomic mass is 16.5. The molecule has 2 heteroatoms. The lowest BCUT2D eigenvalue weighted by atomic mass is 9.91. The molecule has 0 saturated heterocycles. The van der Waals surface area contributed by atoms with Crippen molar-refractivity contribution in [3.8, 4) is 0 Å². The lowest BCUT2D eigenvalue weighted by Crippen LogP contribution is -2.42. The minimum absolute atomic E-state index is 0.0885. The molecule has 2 nitrogen and oxygen atoms in total. The van der Waals surface area contributed by atoms with E-state index in [9.17, 15) is 0 Å². The van der Waals surface area contributed by atoms with Gasteiger partial charge in [0.1, 0.15) is 0 Å². The van der Waals surface area contributed by atoms with Crippen molar-refractivity contribution < 1.29 is 9.47 Å². The van der Waals surface area contributed by atoms with Gasteiger partial charge in [-0.2, -0.15) is 0 Å². The quantitative estimate of drug-likeness (QED) is 0.614. The van der Waals surface area contributed by atoms with Crippen molar-refractivity contribution in [3.63, 3.8) is 0 Å². The van der Waals surface area contributed by atoms with E-state index in [1.165, 1.54) is 0 Å². The molecule has 68 valence electrons. The molecule has 0 aliphatic carbocycles. The van der Waals surface area contributed by atoms with Gasteiger partial charge in [0.05, 0.1) is 11.7 Å². The first-order valence-corrected chi connectivity index (χ1v) is 4.24. The second kappa shape index (κ2) is 4.73. The molecule has 0 aromatic carbocycles. The summed E-state index contributed by atoms with van der Waals surface area (Å²) in [6.07, 6.45) is 2.16. The molecule has 0 rings (SSSR count). The molecule has 0 saturated carbocycles. The zero-order valence-electron chi connectivity index (χ0n) is 8.31. The largest absolute Gasteiger partial charge is 0.379 e. The van der Waals surface area contributed by atoms with Crippen molar-refractivity contribution in [2.75, 3.05) is 14.2 Å². The van der Waals surface area contributed by atoms with Gasteiger partial charge in [-0.05, 0) is 19.8 Å². The zero-order chi connectivity index (χ0) is 8.91.